The lowest BCUT2D eigenvalue weighted by atomic mass is 9.96. The Balaban J connectivity index is -0.0000000810. The highest BCUT2D eigenvalue weighted by Gasteiger charge is 2.18. The smallest absolute Gasteiger partial charge is 0.0497 e. The first-order valence-corrected chi connectivity index (χ1v) is 10.8. The summed E-state index contributed by atoms with van der Waals surface area (Å²) in [6.45, 7) is 29.8. The molecule has 2 aliphatic heterocycles. The average Bonchev–Trinajstić information content (AvgIpc) is 3.24. The van der Waals surface area contributed by atoms with E-state index in [1.54, 1.807) is 0 Å². The molecule has 0 aromatic carbocycles. The Morgan fingerprint density at radius 1 is 0.692 bits per heavy atom. The van der Waals surface area contributed by atoms with Gasteiger partial charge in [-0.2, -0.15) is 0 Å². The molecule has 0 bridgehead atoms. The van der Waals surface area contributed by atoms with Crippen molar-refractivity contribution in [3.05, 3.63) is 0 Å². The summed E-state index contributed by atoms with van der Waals surface area (Å²) in [6.07, 6.45) is 2.55. The van der Waals surface area contributed by atoms with E-state index < -0.39 is 0 Å². The van der Waals surface area contributed by atoms with E-state index in [0.717, 1.165) is 50.1 Å². The van der Waals surface area contributed by atoms with Gasteiger partial charge >= 0.3 is 0 Å². The predicted octanol–water partition coefficient (Wildman–Crippen LogP) is 8.34. The lowest BCUT2D eigenvalue weighted by molar-refractivity contribution is 0.176. The van der Waals surface area contributed by atoms with Crippen LogP contribution in [0.15, 0.2) is 0 Å². The Morgan fingerprint density at radius 2 is 0.923 bits per heavy atom. The summed E-state index contributed by atoms with van der Waals surface area (Å²) in [4.78, 5) is 0. The Hall–Kier alpha value is -0.0800. The molecule has 2 saturated heterocycles. The second kappa shape index (κ2) is 21.2. The molecule has 0 amide bonds. The molecule has 2 nitrogen and oxygen atoms in total. The van der Waals surface area contributed by atoms with Gasteiger partial charge in [-0.05, 0) is 41.9 Å². The fourth-order valence-corrected chi connectivity index (χ4v) is 2.16. The first kappa shape index (κ1) is 33.5. The summed E-state index contributed by atoms with van der Waals surface area (Å²) in [5.74, 6) is 3.32. The molecule has 2 heteroatoms. The number of hydrogen-bond donors (Lipinski definition) is 0. The molecule has 0 aromatic rings. The lowest BCUT2D eigenvalue weighted by Crippen LogP contribution is -2.06. The molecule has 2 heterocycles. The minimum atomic E-state index is 0. The van der Waals surface area contributed by atoms with Gasteiger partial charge in [0.2, 0.25) is 0 Å². The topological polar surface area (TPSA) is 18.5 Å². The standard InChI is InChI=1S/2C7H14O.C5H12.2C2H6.CH4.H2/c2*1-6(2)7-3-4-8-5-7;1-5(2,3)4;2*1-2;;/h2*6-7H,3-5H2,1-2H3;1-4H3;2*1-2H3;1H4;1H/i;;;;;;1+1. The van der Waals surface area contributed by atoms with Gasteiger partial charge in [-0.1, -0.05) is 90.5 Å². The molecule has 0 aliphatic carbocycles. The monoisotopic (exact) mass is 379 g/mol. The van der Waals surface area contributed by atoms with Crippen molar-refractivity contribution in [2.24, 2.45) is 29.1 Å². The van der Waals surface area contributed by atoms with Crippen LogP contribution in [-0.2, 0) is 9.47 Å². The van der Waals surface area contributed by atoms with Gasteiger partial charge in [0, 0.05) is 27.9 Å². The first-order chi connectivity index (χ1) is 11.6. The van der Waals surface area contributed by atoms with Crippen LogP contribution in [0.5, 0.6) is 0 Å². The zero-order valence-corrected chi connectivity index (χ0v) is 19.9. The van der Waals surface area contributed by atoms with Crippen LogP contribution in [0.3, 0.4) is 0 Å². The van der Waals surface area contributed by atoms with Crippen LogP contribution in [0.4, 0.5) is 0 Å². The highest BCUT2D eigenvalue weighted by atomic mass is 16.5. The SMILES string of the molecule is C.CC.CC.CC(C)(C)C.CC(C)C1CCOC1.CC(C)C1CCOC1.[2HH]. The van der Waals surface area contributed by atoms with Crippen LogP contribution >= 0.6 is 0 Å². The Labute approximate surface area is 170 Å². The third-order valence-electron chi connectivity index (χ3n) is 3.82. The zero-order chi connectivity index (χ0) is 20.5. The number of rotatable bonds is 2. The Morgan fingerprint density at radius 3 is 1.00 bits per heavy atom. The molecular formula is C24H58O2. The Bertz CT molecular complexity index is 209. The summed E-state index contributed by atoms with van der Waals surface area (Å²) >= 11 is 0. The minimum absolute atomic E-state index is 0. The number of ether oxygens (including phenoxy) is 2. The molecule has 0 saturated carbocycles. The third-order valence-corrected chi connectivity index (χ3v) is 3.82. The van der Waals surface area contributed by atoms with Gasteiger partial charge in [0.25, 0.3) is 0 Å². The average molecular weight is 380 g/mol. The highest BCUT2D eigenvalue weighted by Crippen LogP contribution is 2.21. The minimum Gasteiger partial charge on any atom is -0.381 e. The van der Waals surface area contributed by atoms with Crippen LogP contribution in [0, 0.1) is 29.1 Å². The van der Waals surface area contributed by atoms with Crippen molar-refractivity contribution < 1.29 is 10.9 Å². The van der Waals surface area contributed by atoms with E-state index in [0.29, 0.717) is 5.41 Å². The van der Waals surface area contributed by atoms with Gasteiger partial charge < -0.3 is 9.47 Å². The van der Waals surface area contributed by atoms with E-state index >= 15 is 0 Å². The molecule has 26 heavy (non-hydrogen) atoms. The molecule has 2 atom stereocenters. The van der Waals surface area contributed by atoms with Crippen LogP contribution in [0.1, 0.15) is 105 Å². The van der Waals surface area contributed by atoms with Crippen LogP contribution in [0.2, 0.25) is 0 Å². The van der Waals surface area contributed by atoms with E-state index in [9.17, 15) is 0 Å². The summed E-state index contributed by atoms with van der Waals surface area (Å²) in [6, 6.07) is 0. The quantitative estimate of drug-likeness (QED) is 0.480. The van der Waals surface area contributed by atoms with E-state index in [1.807, 2.05) is 27.7 Å². The molecule has 2 rings (SSSR count). The third kappa shape index (κ3) is 26.2. The highest BCUT2D eigenvalue weighted by molar-refractivity contribution is 4.67. The lowest BCUT2D eigenvalue weighted by Gasteiger charge is -2.09. The molecular weight excluding hydrogens is 320 g/mol. The molecule has 0 N–H and O–H groups in total. The van der Waals surface area contributed by atoms with E-state index in [4.69, 9.17) is 9.47 Å². The Kier molecular flexibility index (Phi) is 27.3. The maximum Gasteiger partial charge on any atom is 0.0497 e. The van der Waals surface area contributed by atoms with Crippen molar-refractivity contribution in [3.63, 3.8) is 0 Å². The van der Waals surface area contributed by atoms with Gasteiger partial charge in [-0.3, -0.25) is 0 Å². The van der Waals surface area contributed by atoms with Crippen molar-refractivity contribution in [1.29, 1.82) is 0 Å². The molecule has 2 unspecified atom stereocenters. The van der Waals surface area contributed by atoms with Crippen molar-refractivity contribution in [2.45, 2.75) is 103 Å². The van der Waals surface area contributed by atoms with Crippen molar-refractivity contribution >= 4 is 0 Å². The molecule has 0 aromatic heterocycles. The maximum atomic E-state index is 5.22. The summed E-state index contributed by atoms with van der Waals surface area (Å²) in [5, 5.41) is 0. The summed E-state index contributed by atoms with van der Waals surface area (Å²) in [7, 11) is 0. The normalized spacial score (nSPS) is 21.0. The molecule has 0 spiro atoms. The number of hydrogen-bond acceptors (Lipinski definition) is 2. The van der Waals surface area contributed by atoms with Gasteiger partial charge in [0.05, 0.1) is 0 Å². The van der Waals surface area contributed by atoms with E-state index in [-0.39, 0.29) is 8.85 Å². The van der Waals surface area contributed by atoms with Gasteiger partial charge in [-0.25, -0.2) is 0 Å². The largest absolute Gasteiger partial charge is 0.381 e. The van der Waals surface area contributed by atoms with Crippen LogP contribution in [-0.4, -0.2) is 26.4 Å². The van der Waals surface area contributed by atoms with Crippen molar-refractivity contribution in [1.82, 2.24) is 0 Å². The van der Waals surface area contributed by atoms with E-state index in [1.165, 1.54) is 12.8 Å². The summed E-state index contributed by atoms with van der Waals surface area (Å²) < 4.78 is 10.4. The predicted molar refractivity (Wildman–Crippen MR) is 124 cm³/mol. The zero-order valence-electron chi connectivity index (χ0n) is 19.9. The van der Waals surface area contributed by atoms with Crippen LogP contribution in [0.25, 0.3) is 0 Å². The van der Waals surface area contributed by atoms with Gasteiger partial charge in [-0.15, -0.1) is 0 Å². The fourth-order valence-electron chi connectivity index (χ4n) is 2.16. The molecule has 2 aliphatic rings. The molecule has 166 valence electrons. The van der Waals surface area contributed by atoms with Gasteiger partial charge in [0.15, 0.2) is 0 Å². The second-order valence-electron chi connectivity index (χ2n) is 8.74. The van der Waals surface area contributed by atoms with E-state index in [2.05, 4.69) is 55.4 Å². The van der Waals surface area contributed by atoms with Crippen molar-refractivity contribution in [3.8, 4) is 0 Å². The second-order valence-corrected chi connectivity index (χ2v) is 8.74. The van der Waals surface area contributed by atoms with Gasteiger partial charge in [0.1, 0.15) is 0 Å². The van der Waals surface area contributed by atoms with Crippen molar-refractivity contribution in [2.75, 3.05) is 26.4 Å². The molecule has 0 radical (unpaired) electrons. The van der Waals surface area contributed by atoms with Crippen LogP contribution < -0.4 is 0 Å². The first-order valence-electron chi connectivity index (χ1n) is 10.8. The molecule has 2 fully saturated rings. The summed E-state index contributed by atoms with van der Waals surface area (Å²) in [5.41, 5.74) is 0.500. The fraction of sp³-hybridized carbons (Fsp3) is 1.00. The maximum absolute atomic E-state index is 5.22.